The summed E-state index contributed by atoms with van der Waals surface area (Å²) in [6, 6.07) is 3.81. The fraction of sp³-hybridized carbons (Fsp3) is 0.389. The van der Waals surface area contributed by atoms with Crippen LogP contribution in [0.3, 0.4) is 0 Å². The monoisotopic (exact) mass is 342 g/mol. The molecule has 3 aromatic rings. The van der Waals surface area contributed by atoms with Crippen molar-refractivity contribution in [2.24, 2.45) is 0 Å². The van der Waals surface area contributed by atoms with E-state index in [2.05, 4.69) is 5.10 Å². The van der Waals surface area contributed by atoms with E-state index in [0.29, 0.717) is 22.3 Å². The molecule has 0 atom stereocenters. The van der Waals surface area contributed by atoms with Crippen LogP contribution >= 0.6 is 0 Å². The van der Waals surface area contributed by atoms with E-state index in [1.54, 1.807) is 19.3 Å². The van der Waals surface area contributed by atoms with Gasteiger partial charge in [-0.05, 0) is 39.8 Å². The van der Waals surface area contributed by atoms with E-state index in [4.69, 9.17) is 14.2 Å². The molecular weight excluding hydrogens is 320 g/mol. The van der Waals surface area contributed by atoms with Gasteiger partial charge in [0.25, 0.3) is 5.91 Å². The Balaban J connectivity index is 2.30. The van der Waals surface area contributed by atoms with Crippen molar-refractivity contribution < 1.29 is 14.0 Å². The lowest BCUT2D eigenvalue weighted by Crippen LogP contribution is -2.25. The van der Waals surface area contributed by atoms with Crippen LogP contribution in [0.15, 0.2) is 22.7 Å². The van der Waals surface area contributed by atoms with Crippen molar-refractivity contribution in [3.8, 4) is 11.3 Å². The zero-order valence-corrected chi connectivity index (χ0v) is 15.3. The second kappa shape index (κ2) is 6.33. The van der Waals surface area contributed by atoms with Gasteiger partial charge in [0, 0.05) is 18.7 Å². The summed E-state index contributed by atoms with van der Waals surface area (Å²) in [6.07, 6.45) is 1.68. The van der Waals surface area contributed by atoms with E-state index in [9.17, 15) is 4.79 Å². The maximum Gasteiger partial charge on any atom is 0.278 e. The Morgan fingerprint density at radius 3 is 2.60 bits per heavy atom. The number of fused-ring (bicyclic) bond motifs is 1. The van der Waals surface area contributed by atoms with Gasteiger partial charge in [0.05, 0.1) is 30.0 Å². The molecule has 0 radical (unpaired) electrons. The number of hydrogen-bond donors (Lipinski definition) is 0. The molecule has 3 heterocycles. The fourth-order valence-electron chi connectivity index (χ4n) is 2.85. The summed E-state index contributed by atoms with van der Waals surface area (Å²) in [7, 11) is 3.03. The van der Waals surface area contributed by atoms with Crippen LogP contribution in [-0.4, -0.2) is 39.9 Å². The van der Waals surface area contributed by atoms with Crippen molar-refractivity contribution in [2.45, 2.75) is 33.7 Å². The minimum Gasteiger partial charge on any atom is -0.466 e. The van der Waals surface area contributed by atoms with Gasteiger partial charge in [-0.1, -0.05) is 0 Å². The number of carbonyl (C=O) groups is 1. The third-order valence-electron chi connectivity index (χ3n) is 4.16. The van der Waals surface area contributed by atoms with E-state index < -0.39 is 0 Å². The Labute approximate surface area is 146 Å². The second-order valence-electron chi connectivity index (χ2n) is 6.29. The number of aryl methyl sites for hydroxylation is 2. The third-order valence-corrected chi connectivity index (χ3v) is 4.16. The number of nitrogens with zero attached hydrogens (tertiary/aromatic N) is 4. The van der Waals surface area contributed by atoms with Gasteiger partial charge in [0.1, 0.15) is 11.5 Å². The summed E-state index contributed by atoms with van der Waals surface area (Å²) in [5.41, 5.74) is 2.70. The number of amides is 1. The van der Waals surface area contributed by atoms with E-state index in [1.165, 1.54) is 12.2 Å². The standard InChI is InChI=1S/C18H22N4O3/c1-10(2)22-17-15(9-19-22)14(18(23)21(5)24-6)8-16(20-17)13-7-11(3)25-12(13)4/h7-10H,1-6H3. The largest absolute Gasteiger partial charge is 0.466 e. The summed E-state index contributed by atoms with van der Waals surface area (Å²) in [5.74, 6) is 1.31. The first kappa shape index (κ1) is 17.2. The van der Waals surface area contributed by atoms with Crippen LogP contribution in [0.5, 0.6) is 0 Å². The van der Waals surface area contributed by atoms with Gasteiger partial charge in [-0.2, -0.15) is 5.10 Å². The van der Waals surface area contributed by atoms with E-state index >= 15 is 0 Å². The van der Waals surface area contributed by atoms with Gasteiger partial charge in [0.15, 0.2) is 5.65 Å². The highest BCUT2D eigenvalue weighted by atomic mass is 16.7. The third kappa shape index (κ3) is 2.91. The van der Waals surface area contributed by atoms with Gasteiger partial charge in [0.2, 0.25) is 0 Å². The van der Waals surface area contributed by atoms with Crippen LogP contribution in [0.2, 0.25) is 0 Å². The Morgan fingerprint density at radius 1 is 1.32 bits per heavy atom. The zero-order chi connectivity index (χ0) is 18.3. The molecule has 7 heteroatoms. The number of hydrogen-bond acceptors (Lipinski definition) is 5. The van der Waals surface area contributed by atoms with Crippen molar-refractivity contribution >= 4 is 16.9 Å². The van der Waals surface area contributed by atoms with Gasteiger partial charge in [-0.3, -0.25) is 9.63 Å². The number of pyridine rings is 1. The predicted molar refractivity (Wildman–Crippen MR) is 94.2 cm³/mol. The van der Waals surface area contributed by atoms with Crippen LogP contribution in [0.4, 0.5) is 0 Å². The molecule has 0 aliphatic heterocycles. The van der Waals surface area contributed by atoms with E-state index in [-0.39, 0.29) is 11.9 Å². The molecule has 1 amide bonds. The molecule has 0 aromatic carbocycles. The lowest BCUT2D eigenvalue weighted by atomic mass is 10.1. The van der Waals surface area contributed by atoms with Crippen molar-refractivity contribution in [2.75, 3.05) is 14.2 Å². The molecule has 0 N–H and O–H groups in total. The molecule has 0 unspecified atom stereocenters. The normalized spacial score (nSPS) is 11.5. The molecule has 3 rings (SSSR count). The smallest absolute Gasteiger partial charge is 0.278 e. The highest BCUT2D eigenvalue weighted by Crippen LogP contribution is 2.30. The molecule has 0 saturated heterocycles. The molecule has 0 aliphatic carbocycles. The summed E-state index contributed by atoms with van der Waals surface area (Å²) in [4.78, 5) is 22.6. The Bertz CT molecular complexity index is 939. The van der Waals surface area contributed by atoms with Crippen LogP contribution in [0, 0.1) is 13.8 Å². The average molecular weight is 342 g/mol. The van der Waals surface area contributed by atoms with E-state index in [0.717, 1.165) is 17.1 Å². The van der Waals surface area contributed by atoms with E-state index in [1.807, 2.05) is 38.4 Å². The molecule has 132 valence electrons. The molecule has 3 aromatic heterocycles. The Kier molecular flexibility index (Phi) is 4.34. The van der Waals surface area contributed by atoms with Crippen LogP contribution in [-0.2, 0) is 4.84 Å². The number of hydroxylamine groups is 2. The first-order valence-corrected chi connectivity index (χ1v) is 8.11. The highest BCUT2D eigenvalue weighted by Gasteiger charge is 2.22. The maximum absolute atomic E-state index is 12.8. The van der Waals surface area contributed by atoms with Gasteiger partial charge in [-0.25, -0.2) is 14.7 Å². The SMILES string of the molecule is CON(C)C(=O)c1cc(-c2cc(C)oc2C)nc2c1cnn2C(C)C. The lowest BCUT2D eigenvalue weighted by Gasteiger charge is -2.15. The van der Waals surface area contributed by atoms with Crippen LogP contribution < -0.4 is 0 Å². The summed E-state index contributed by atoms with van der Waals surface area (Å²) < 4.78 is 7.44. The fourth-order valence-corrected chi connectivity index (χ4v) is 2.85. The lowest BCUT2D eigenvalue weighted by molar-refractivity contribution is -0.0755. The molecule has 7 nitrogen and oxygen atoms in total. The first-order chi connectivity index (χ1) is 11.8. The van der Waals surface area contributed by atoms with Crippen LogP contribution in [0.1, 0.15) is 41.8 Å². The summed E-state index contributed by atoms with van der Waals surface area (Å²) in [5, 5.41) is 6.30. The first-order valence-electron chi connectivity index (χ1n) is 8.11. The van der Waals surface area contributed by atoms with Crippen LogP contribution in [0.25, 0.3) is 22.3 Å². The molecule has 0 aliphatic rings. The number of rotatable bonds is 4. The van der Waals surface area contributed by atoms with Gasteiger partial charge >= 0.3 is 0 Å². The molecular formula is C18H22N4O3. The Morgan fingerprint density at radius 2 is 2.04 bits per heavy atom. The number of carbonyl (C=O) groups excluding carboxylic acids is 1. The minimum atomic E-state index is -0.252. The van der Waals surface area contributed by atoms with Crippen molar-refractivity contribution in [3.05, 3.63) is 35.4 Å². The molecule has 0 fully saturated rings. The molecule has 25 heavy (non-hydrogen) atoms. The summed E-state index contributed by atoms with van der Waals surface area (Å²) >= 11 is 0. The van der Waals surface area contributed by atoms with Crippen molar-refractivity contribution in [1.82, 2.24) is 19.8 Å². The van der Waals surface area contributed by atoms with Gasteiger partial charge in [-0.15, -0.1) is 0 Å². The summed E-state index contributed by atoms with van der Waals surface area (Å²) in [6.45, 7) is 7.82. The molecule has 0 saturated carbocycles. The van der Waals surface area contributed by atoms with Gasteiger partial charge < -0.3 is 4.42 Å². The predicted octanol–water partition coefficient (Wildman–Crippen LogP) is 3.52. The average Bonchev–Trinajstić information content (AvgIpc) is 3.15. The van der Waals surface area contributed by atoms with Crippen molar-refractivity contribution in [3.63, 3.8) is 0 Å². The maximum atomic E-state index is 12.8. The minimum absolute atomic E-state index is 0.121. The molecule has 0 bridgehead atoms. The quantitative estimate of drug-likeness (QED) is 0.678. The van der Waals surface area contributed by atoms with Crippen molar-refractivity contribution in [1.29, 1.82) is 0 Å². The number of furan rings is 1. The number of aromatic nitrogens is 3. The topological polar surface area (TPSA) is 73.4 Å². The highest BCUT2D eigenvalue weighted by molar-refractivity contribution is 6.06. The molecule has 0 spiro atoms. The second-order valence-corrected chi connectivity index (χ2v) is 6.29. The zero-order valence-electron chi connectivity index (χ0n) is 15.3. The Hall–Kier alpha value is -2.67.